The van der Waals surface area contributed by atoms with E-state index in [4.69, 9.17) is 4.84 Å². The maximum atomic E-state index is 11.4. The molecular formula is C10H17NO2. The van der Waals surface area contributed by atoms with Gasteiger partial charge < -0.3 is 0 Å². The fourth-order valence-corrected chi connectivity index (χ4v) is 1.42. The summed E-state index contributed by atoms with van der Waals surface area (Å²) in [5, 5.41) is 0. The molecule has 1 aliphatic carbocycles. The Labute approximate surface area is 79.1 Å². The maximum absolute atomic E-state index is 11.4. The summed E-state index contributed by atoms with van der Waals surface area (Å²) < 4.78 is 0. The van der Waals surface area contributed by atoms with Crippen LogP contribution >= 0.6 is 0 Å². The van der Waals surface area contributed by atoms with E-state index in [1.165, 1.54) is 12.8 Å². The van der Waals surface area contributed by atoms with E-state index >= 15 is 0 Å². The van der Waals surface area contributed by atoms with Crippen LogP contribution in [0, 0.1) is 0 Å². The largest absolute Gasteiger partial charge is 0.274 e. The lowest BCUT2D eigenvalue weighted by Gasteiger charge is -2.05. The Kier molecular flexibility index (Phi) is 4.54. The summed E-state index contributed by atoms with van der Waals surface area (Å²) in [6.07, 6.45) is 7.48. The first kappa shape index (κ1) is 10.3. The van der Waals surface area contributed by atoms with Gasteiger partial charge in [-0.3, -0.25) is 9.63 Å². The Morgan fingerprint density at radius 2 is 2.38 bits per heavy atom. The first-order valence-electron chi connectivity index (χ1n) is 4.95. The van der Waals surface area contributed by atoms with Crippen molar-refractivity contribution in [1.29, 1.82) is 0 Å². The van der Waals surface area contributed by atoms with Gasteiger partial charge in [0.2, 0.25) is 0 Å². The number of hydrogen-bond donors (Lipinski definition) is 1. The van der Waals surface area contributed by atoms with Gasteiger partial charge in [0.15, 0.2) is 0 Å². The van der Waals surface area contributed by atoms with E-state index in [1.807, 2.05) is 13.0 Å². The van der Waals surface area contributed by atoms with Gasteiger partial charge in [-0.15, -0.1) is 0 Å². The van der Waals surface area contributed by atoms with Gasteiger partial charge >= 0.3 is 0 Å². The summed E-state index contributed by atoms with van der Waals surface area (Å²) in [7, 11) is 0. The van der Waals surface area contributed by atoms with Gasteiger partial charge in [-0.1, -0.05) is 12.5 Å². The molecule has 0 bridgehead atoms. The molecule has 0 heterocycles. The Morgan fingerprint density at radius 1 is 1.54 bits per heavy atom. The van der Waals surface area contributed by atoms with Crippen LogP contribution in [0.4, 0.5) is 0 Å². The highest BCUT2D eigenvalue weighted by molar-refractivity contribution is 5.92. The predicted octanol–water partition coefficient (Wildman–Crippen LogP) is 1.94. The zero-order chi connectivity index (χ0) is 9.52. The van der Waals surface area contributed by atoms with Gasteiger partial charge in [0, 0.05) is 5.57 Å². The summed E-state index contributed by atoms with van der Waals surface area (Å²) in [5.74, 6) is -0.0660. The van der Waals surface area contributed by atoms with Gasteiger partial charge in [-0.25, -0.2) is 5.48 Å². The Bertz CT molecular complexity index is 199. The van der Waals surface area contributed by atoms with E-state index in [0.29, 0.717) is 6.61 Å². The van der Waals surface area contributed by atoms with Crippen molar-refractivity contribution in [2.24, 2.45) is 0 Å². The molecular weight excluding hydrogens is 166 g/mol. The molecule has 0 saturated carbocycles. The van der Waals surface area contributed by atoms with Gasteiger partial charge in [-0.2, -0.15) is 0 Å². The van der Waals surface area contributed by atoms with Crippen molar-refractivity contribution >= 4 is 5.91 Å². The molecule has 0 aliphatic heterocycles. The van der Waals surface area contributed by atoms with Gasteiger partial charge in [0.25, 0.3) is 5.91 Å². The monoisotopic (exact) mass is 183 g/mol. The van der Waals surface area contributed by atoms with E-state index in [2.05, 4.69) is 5.48 Å². The number of allylic oxidation sites excluding steroid dienone is 1. The second-order valence-corrected chi connectivity index (χ2v) is 3.19. The number of hydroxylamine groups is 1. The quantitative estimate of drug-likeness (QED) is 0.679. The van der Waals surface area contributed by atoms with E-state index < -0.39 is 0 Å². The Balaban J connectivity index is 2.39. The summed E-state index contributed by atoms with van der Waals surface area (Å²) in [5.41, 5.74) is 3.30. The van der Waals surface area contributed by atoms with Crippen LogP contribution in [0.1, 0.15) is 39.0 Å². The molecule has 0 radical (unpaired) electrons. The average molecular weight is 183 g/mol. The molecule has 1 aliphatic rings. The van der Waals surface area contributed by atoms with Crippen molar-refractivity contribution in [3.63, 3.8) is 0 Å². The number of hydrogen-bond acceptors (Lipinski definition) is 2. The van der Waals surface area contributed by atoms with Crippen LogP contribution in [0.15, 0.2) is 11.6 Å². The standard InChI is InChI=1S/C10H17NO2/c1-2-13-11-10(12)9-7-5-3-4-6-8-9/h7H,2-6,8H2,1H3,(H,11,12). The van der Waals surface area contributed by atoms with E-state index in [1.54, 1.807) is 0 Å². The van der Waals surface area contributed by atoms with Crippen LogP contribution in [-0.2, 0) is 9.63 Å². The van der Waals surface area contributed by atoms with Crippen molar-refractivity contribution in [2.45, 2.75) is 39.0 Å². The molecule has 3 nitrogen and oxygen atoms in total. The van der Waals surface area contributed by atoms with Gasteiger partial charge in [0.1, 0.15) is 0 Å². The molecule has 0 fully saturated rings. The Morgan fingerprint density at radius 3 is 3.15 bits per heavy atom. The summed E-state index contributed by atoms with van der Waals surface area (Å²) in [4.78, 5) is 16.3. The molecule has 0 atom stereocenters. The second kappa shape index (κ2) is 5.75. The normalized spacial score (nSPS) is 17.5. The number of carbonyl (C=O) groups is 1. The van der Waals surface area contributed by atoms with E-state index in [-0.39, 0.29) is 5.91 Å². The second-order valence-electron chi connectivity index (χ2n) is 3.19. The van der Waals surface area contributed by atoms with Crippen LogP contribution < -0.4 is 5.48 Å². The summed E-state index contributed by atoms with van der Waals surface area (Å²) in [6, 6.07) is 0. The number of rotatable bonds is 3. The molecule has 3 heteroatoms. The summed E-state index contributed by atoms with van der Waals surface area (Å²) in [6.45, 7) is 2.36. The van der Waals surface area contributed by atoms with Crippen LogP contribution in [0.3, 0.4) is 0 Å². The third-order valence-corrected chi connectivity index (χ3v) is 2.14. The third kappa shape index (κ3) is 3.59. The highest BCUT2D eigenvalue weighted by Crippen LogP contribution is 2.16. The number of carbonyl (C=O) groups excluding carboxylic acids is 1. The maximum Gasteiger partial charge on any atom is 0.270 e. The molecule has 1 amide bonds. The predicted molar refractivity (Wildman–Crippen MR) is 50.9 cm³/mol. The van der Waals surface area contributed by atoms with Crippen molar-refractivity contribution < 1.29 is 9.63 Å². The lowest BCUT2D eigenvalue weighted by atomic mass is 10.1. The minimum absolute atomic E-state index is 0.0660. The first-order chi connectivity index (χ1) is 6.34. The lowest BCUT2D eigenvalue weighted by molar-refractivity contribution is -0.129. The van der Waals surface area contributed by atoms with Gasteiger partial charge in [0.05, 0.1) is 6.61 Å². The smallest absolute Gasteiger partial charge is 0.270 e. The average Bonchev–Trinajstić information content (AvgIpc) is 2.42. The molecule has 0 saturated heterocycles. The van der Waals surface area contributed by atoms with Crippen molar-refractivity contribution in [2.75, 3.05) is 6.61 Å². The molecule has 0 aromatic carbocycles. The van der Waals surface area contributed by atoms with Crippen molar-refractivity contribution in [3.05, 3.63) is 11.6 Å². The van der Waals surface area contributed by atoms with Crippen molar-refractivity contribution in [3.8, 4) is 0 Å². The molecule has 1 rings (SSSR count). The minimum Gasteiger partial charge on any atom is -0.274 e. The zero-order valence-corrected chi connectivity index (χ0v) is 8.14. The molecule has 0 aromatic heterocycles. The molecule has 0 aromatic rings. The minimum atomic E-state index is -0.0660. The summed E-state index contributed by atoms with van der Waals surface area (Å²) >= 11 is 0. The third-order valence-electron chi connectivity index (χ3n) is 2.14. The molecule has 0 unspecified atom stereocenters. The van der Waals surface area contributed by atoms with Crippen LogP contribution in [0.2, 0.25) is 0 Å². The number of nitrogens with one attached hydrogen (secondary N) is 1. The van der Waals surface area contributed by atoms with E-state index in [0.717, 1.165) is 24.8 Å². The molecule has 1 N–H and O–H groups in total. The number of amides is 1. The van der Waals surface area contributed by atoms with Gasteiger partial charge in [-0.05, 0) is 32.6 Å². The first-order valence-corrected chi connectivity index (χ1v) is 4.95. The zero-order valence-electron chi connectivity index (χ0n) is 8.14. The highest BCUT2D eigenvalue weighted by Gasteiger charge is 2.10. The van der Waals surface area contributed by atoms with E-state index in [9.17, 15) is 4.79 Å². The molecule has 13 heavy (non-hydrogen) atoms. The topological polar surface area (TPSA) is 38.3 Å². The SMILES string of the molecule is CCONC(=O)C1=CCCCCC1. The highest BCUT2D eigenvalue weighted by atomic mass is 16.6. The molecule has 0 spiro atoms. The lowest BCUT2D eigenvalue weighted by Crippen LogP contribution is -2.25. The molecule has 74 valence electrons. The fraction of sp³-hybridized carbons (Fsp3) is 0.700. The van der Waals surface area contributed by atoms with Crippen LogP contribution in [0.5, 0.6) is 0 Å². The Hall–Kier alpha value is -0.830. The van der Waals surface area contributed by atoms with Crippen LogP contribution in [-0.4, -0.2) is 12.5 Å². The fourth-order valence-electron chi connectivity index (χ4n) is 1.42. The van der Waals surface area contributed by atoms with Crippen molar-refractivity contribution in [1.82, 2.24) is 5.48 Å². The van der Waals surface area contributed by atoms with Crippen LogP contribution in [0.25, 0.3) is 0 Å².